The van der Waals surface area contributed by atoms with Crippen LogP contribution in [-0.4, -0.2) is 24.5 Å². The molecule has 0 aliphatic carbocycles. The van der Waals surface area contributed by atoms with Crippen molar-refractivity contribution in [1.82, 2.24) is 18.7 Å². The molecule has 0 saturated carbocycles. The number of Topliss-reactive ketones (excluding diaryl/α,β-unsaturated/α-hetero) is 1. The maximum Gasteiger partial charge on any atom is 0.332 e. The molecule has 7 nitrogen and oxygen atoms in total. The number of aromatic nitrogens is 4. The van der Waals surface area contributed by atoms with Crippen molar-refractivity contribution in [2.24, 2.45) is 14.1 Å². The average molecular weight is 389 g/mol. The van der Waals surface area contributed by atoms with Gasteiger partial charge in [-0.2, -0.15) is 4.98 Å². The van der Waals surface area contributed by atoms with Gasteiger partial charge in [0, 0.05) is 19.7 Å². The van der Waals surface area contributed by atoms with E-state index in [0.717, 1.165) is 23.8 Å². The van der Waals surface area contributed by atoms with Crippen LogP contribution in [0.4, 0.5) is 0 Å². The fourth-order valence-electron chi connectivity index (χ4n) is 3.04. The number of rotatable bonds is 6. The molecule has 2 heterocycles. The Morgan fingerprint density at radius 3 is 2.41 bits per heavy atom. The number of hydrogen-bond donors (Lipinski definition) is 0. The maximum absolute atomic E-state index is 12.7. The van der Waals surface area contributed by atoms with Crippen molar-refractivity contribution in [3.63, 3.8) is 0 Å². The van der Waals surface area contributed by atoms with Crippen molar-refractivity contribution in [3.8, 4) is 0 Å². The van der Waals surface area contributed by atoms with Crippen LogP contribution in [0.5, 0.6) is 0 Å². The van der Waals surface area contributed by atoms with Crippen LogP contribution in [0.15, 0.2) is 33.9 Å². The Kier molecular flexibility index (Phi) is 5.32. The molecule has 3 rings (SSSR count). The Hall–Kier alpha value is -2.67. The van der Waals surface area contributed by atoms with Gasteiger partial charge >= 0.3 is 5.69 Å². The van der Waals surface area contributed by atoms with Crippen molar-refractivity contribution in [3.05, 3.63) is 61.5 Å². The normalized spacial score (nSPS) is 11.3. The molecule has 1 aromatic carbocycles. The molecule has 0 saturated heterocycles. The first-order valence-corrected chi connectivity index (χ1v) is 9.16. The fourth-order valence-corrected chi connectivity index (χ4v) is 3.26. The number of fused-ring (bicyclic) bond motifs is 1. The van der Waals surface area contributed by atoms with Gasteiger partial charge in [-0.1, -0.05) is 37.6 Å². The number of benzene rings is 1. The van der Waals surface area contributed by atoms with Gasteiger partial charge in [0.1, 0.15) is 0 Å². The van der Waals surface area contributed by atoms with Crippen molar-refractivity contribution in [1.29, 1.82) is 0 Å². The predicted molar refractivity (Wildman–Crippen MR) is 105 cm³/mol. The molecule has 27 heavy (non-hydrogen) atoms. The van der Waals surface area contributed by atoms with Gasteiger partial charge in [-0.15, -0.1) is 0 Å². The lowest BCUT2D eigenvalue weighted by Gasteiger charge is -2.08. The first kappa shape index (κ1) is 19.1. The number of imidazole rings is 1. The highest BCUT2D eigenvalue weighted by atomic mass is 35.5. The summed E-state index contributed by atoms with van der Waals surface area (Å²) in [5.41, 5.74) is 0.990. The second-order valence-electron chi connectivity index (χ2n) is 6.57. The number of carbonyl (C=O) groups is 1. The molecule has 0 amide bonds. The molecule has 0 aliphatic heterocycles. The molecule has 3 aromatic rings. The number of aryl methyl sites for hydroxylation is 2. The van der Waals surface area contributed by atoms with Gasteiger partial charge in [0.15, 0.2) is 16.9 Å². The highest BCUT2D eigenvalue weighted by molar-refractivity contribution is 6.29. The second kappa shape index (κ2) is 7.52. The number of nitrogens with zero attached hydrogens (tertiary/aromatic N) is 4. The highest BCUT2D eigenvalue weighted by Gasteiger charge is 2.20. The Morgan fingerprint density at radius 2 is 1.78 bits per heavy atom. The van der Waals surface area contributed by atoms with E-state index >= 15 is 0 Å². The minimum absolute atomic E-state index is 0.00350. The van der Waals surface area contributed by atoms with Gasteiger partial charge in [0.05, 0.1) is 6.54 Å². The number of carbonyl (C=O) groups excluding carboxylic acids is 1. The lowest BCUT2D eigenvalue weighted by Crippen LogP contribution is -2.37. The molecule has 0 spiro atoms. The molecule has 0 bridgehead atoms. The standard InChI is InChI=1S/C19H21ClN4O3/c1-4-5-6-12-7-9-13(10-8-12)14(25)11-24-15-16(21-18(24)20)22(2)19(27)23(3)17(15)26/h7-10H,4-6,11H2,1-3H3. The van der Waals surface area contributed by atoms with Gasteiger partial charge in [0.2, 0.25) is 5.28 Å². The minimum atomic E-state index is -0.532. The zero-order valence-corrected chi connectivity index (χ0v) is 16.3. The molecule has 0 aliphatic rings. The molecule has 2 aromatic heterocycles. The molecule has 0 atom stereocenters. The fraction of sp³-hybridized carbons (Fsp3) is 0.368. The van der Waals surface area contributed by atoms with E-state index in [-0.39, 0.29) is 28.8 Å². The third-order valence-electron chi connectivity index (χ3n) is 4.70. The summed E-state index contributed by atoms with van der Waals surface area (Å²) in [7, 11) is 2.89. The van der Waals surface area contributed by atoms with Crippen molar-refractivity contribution < 1.29 is 4.79 Å². The van der Waals surface area contributed by atoms with E-state index in [1.165, 1.54) is 28.8 Å². The number of ketones is 1. The highest BCUT2D eigenvalue weighted by Crippen LogP contribution is 2.17. The SMILES string of the molecule is CCCCc1ccc(C(=O)Cn2c(Cl)nc3c2c(=O)n(C)c(=O)n3C)cc1. The zero-order valence-electron chi connectivity index (χ0n) is 15.5. The minimum Gasteiger partial charge on any atom is -0.301 e. The molecule has 0 radical (unpaired) electrons. The molecule has 0 fully saturated rings. The van der Waals surface area contributed by atoms with E-state index < -0.39 is 11.2 Å². The molecular weight excluding hydrogens is 368 g/mol. The zero-order chi connectivity index (χ0) is 19.7. The Morgan fingerprint density at radius 1 is 1.11 bits per heavy atom. The summed E-state index contributed by atoms with van der Waals surface area (Å²) >= 11 is 6.17. The Balaban J connectivity index is 1.97. The quantitative estimate of drug-likeness (QED) is 0.479. The first-order chi connectivity index (χ1) is 12.8. The summed E-state index contributed by atoms with van der Waals surface area (Å²) in [4.78, 5) is 41.4. The largest absolute Gasteiger partial charge is 0.332 e. The molecule has 0 N–H and O–H groups in total. The van der Waals surface area contributed by atoms with Gasteiger partial charge in [0.25, 0.3) is 5.56 Å². The van der Waals surface area contributed by atoms with Crippen LogP contribution in [0.25, 0.3) is 11.2 Å². The van der Waals surface area contributed by atoms with Crippen LogP contribution in [0.3, 0.4) is 0 Å². The van der Waals surface area contributed by atoms with Crippen LogP contribution in [0.1, 0.15) is 35.7 Å². The van der Waals surface area contributed by atoms with E-state index in [4.69, 9.17) is 11.6 Å². The number of halogens is 1. The van der Waals surface area contributed by atoms with Crippen LogP contribution in [0.2, 0.25) is 5.28 Å². The van der Waals surface area contributed by atoms with Crippen molar-refractivity contribution >= 4 is 28.5 Å². The molecule has 142 valence electrons. The van der Waals surface area contributed by atoms with Crippen molar-refractivity contribution in [2.75, 3.05) is 0 Å². The van der Waals surface area contributed by atoms with E-state index in [2.05, 4.69) is 11.9 Å². The van der Waals surface area contributed by atoms with E-state index in [9.17, 15) is 14.4 Å². The lowest BCUT2D eigenvalue weighted by molar-refractivity contribution is 0.0973. The summed E-state index contributed by atoms with van der Waals surface area (Å²) in [6, 6.07) is 7.46. The first-order valence-electron chi connectivity index (χ1n) is 8.79. The van der Waals surface area contributed by atoms with Crippen LogP contribution >= 0.6 is 11.6 Å². The van der Waals surface area contributed by atoms with Gasteiger partial charge in [-0.25, -0.2) is 4.79 Å². The molecule has 8 heteroatoms. The van der Waals surface area contributed by atoms with Crippen LogP contribution in [-0.2, 0) is 27.1 Å². The van der Waals surface area contributed by atoms with Crippen LogP contribution in [0, 0.1) is 0 Å². The average Bonchev–Trinajstić information content (AvgIpc) is 2.99. The topological polar surface area (TPSA) is 78.9 Å². The predicted octanol–water partition coefficient (Wildman–Crippen LogP) is 2.31. The smallest absolute Gasteiger partial charge is 0.301 e. The van der Waals surface area contributed by atoms with E-state index in [1.807, 2.05) is 12.1 Å². The summed E-state index contributed by atoms with van der Waals surface area (Å²) in [5.74, 6) is -0.186. The third-order valence-corrected chi connectivity index (χ3v) is 4.99. The summed E-state index contributed by atoms with van der Waals surface area (Å²) < 4.78 is 3.57. The van der Waals surface area contributed by atoms with Crippen molar-refractivity contribution in [2.45, 2.75) is 32.7 Å². The number of hydrogen-bond acceptors (Lipinski definition) is 4. The van der Waals surface area contributed by atoms with Crippen LogP contribution < -0.4 is 11.2 Å². The lowest BCUT2D eigenvalue weighted by atomic mass is 10.0. The van der Waals surface area contributed by atoms with E-state index in [0.29, 0.717) is 5.56 Å². The third kappa shape index (κ3) is 3.47. The maximum atomic E-state index is 12.7. The Labute approximate surface area is 160 Å². The summed E-state index contributed by atoms with van der Waals surface area (Å²) in [5, 5.41) is -0.00350. The number of unbranched alkanes of at least 4 members (excludes halogenated alkanes) is 1. The van der Waals surface area contributed by atoms with Gasteiger partial charge in [-0.05, 0) is 30.0 Å². The van der Waals surface area contributed by atoms with E-state index in [1.54, 1.807) is 12.1 Å². The van der Waals surface area contributed by atoms with Gasteiger partial charge < -0.3 is 4.57 Å². The summed E-state index contributed by atoms with van der Waals surface area (Å²) in [6.45, 7) is 2.01. The summed E-state index contributed by atoms with van der Waals surface area (Å²) in [6.07, 6.45) is 3.20. The molecule has 0 unspecified atom stereocenters. The second-order valence-corrected chi connectivity index (χ2v) is 6.91. The van der Waals surface area contributed by atoms with Gasteiger partial charge in [-0.3, -0.25) is 18.7 Å². The monoisotopic (exact) mass is 388 g/mol. The Bertz CT molecular complexity index is 1120. The molecular formula is C19H21ClN4O3.